The summed E-state index contributed by atoms with van der Waals surface area (Å²) < 4.78 is 1.97. The van der Waals surface area contributed by atoms with Crippen LogP contribution >= 0.6 is 23.4 Å². The Morgan fingerprint density at radius 2 is 1.67 bits per heavy atom. The summed E-state index contributed by atoms with van der Waals surface area (Å²) in [4.78, 5) is 12.4. The average molecular weight is 476 g/mol. The molecule has 0 bridgehead atoms. The molecule has 4 aromatic rings. The first-order chi connectivity index (χ1) is 16.0. The van der Waals surface area contributed by atoms with Crippen molar-refractivity contribution in [1.29, 1.82) is 0 Å². The van der Waals surface area contributed by atoms with E-state index in [1.54, 1.807) is 6.07 Å². The molecule has 0 saturated carbocycles. The number of hydrogen-bond donors (Lipinski definition) is 1. The third-order valence-corrected chi connectivity index (χ3v) is 6.14. The van der Waals surface area contributed by atoms with Crippen LogP contribution in [0.1, 0.15) is 16.7 Å². The Hall–Kier alpha value is -3.42. The highest BCUT2D eigenvalue weighted by Gasteiger charge is 2.17. The van der Waals surface area contributed by atoms with Crippen LogP contribution in [0, 0.1) is 13.8 Å². The first-order valence-electron chi connectivity index (χ1n) is 10.3. The van der Waals surface area contributed by atoms with E-state index >= 15 is 0 Å². The van der Waals surface area contributed by atoms with Crippen LogP contribution in [0.4, 0.5) is 0 Å². The number of thioether (sulfide) groups is 1. The average Bonchev–Trinajstić information content (AvgIpc) is 3.24. The fourth-order valence-corrected chi connectivity index (χ4v) is 4.02. The number of rotatable bonds is 7. The molecule has 1 heterocycles. The number of nitrogens with one attached hydrogen (secondary N) is 1. The van der Waals surface area contributed by atoms with Gasteiger partial charge in [0.1, 0.15) is 0 Å². The summed E-state index contributed by atoms with van der Waals surface area (Å²) in [6.07, 6.45) is 1.52. The molecule has 0 radical (unpaired) electrons. The Morgan fingerprint density at radius 1 is 1.00 bits per heavy atom. The smallest absolute Gasteiger partial charge is 0.250 e. The Balaban J connectivity index is 1.52. The van der Waals surface area contributed by atoms with Crippen LogP contribution in [-0.4, -0.2) is 32.6 Å². The van der Waals surface area contributed by atoms with Gasteiger partial charge in [0.15, 0.2) is 11.0 Å². The summed E-state index contributed by atoms with van der Waals surface area (Å²) in [5.74, 6) is 0.606. The predicted octanol–water partition coefficient (Wildman–Crippen LogP) is 5.45. The molecule has 0 fully saturated rings. The minimum atomic E-state index is -0.251. The molecular weight excluding hydrogens is 454 g/mol. The zero-order chi connectivity index (χ0) is 23.2. The summed E-state index contributed by atoms with van der Waals surface area (Å²) in [6, 6.07) is 23.5. The van der Waals surface area contributed by atoms with Crippen molar-refractivity contribution in [2.75, 3.05) is 5.75 Å². The third kappa shape index (κ3) is 5.69. The zero-order valence-corrected chi connectivity index (χ0v) is 19.8. The minimum Gasteiger partial charge on any atom is -0.272 e. The third-order valence-electron chi connectivity index (χ3n) is 4.87. The van der Waals surface area contributed by atoms with Crippen LogP contribution in [0.15, 0.2) is 83.1 Å². The molecule has 3 aromatic carbocycles. The first-order valence-corrected chi connectivity index (χ1v) is 11.7. The number of amides is 1. The van der Waals surface area contributed by atoms with Gasteiger partial charge in [-0.1, -0.05) is 89.1 Å². The van der Waals surface area contributed by atoms with Gasteiger partial charge in [-0.05, 0) is 32.0 Å². The number of nitrogens with zero attached hydrogens (tertiary/aromatic N) is 4. The van der Waals surface area contributed by atoms with Crippen LogP contribution in [-0.2, 0) is 4.79 Å². The summed E-state index contributed by atoms with van der Waals surface area (Å²) in [7, 11) is 0. The fourth-order valence-electron chi connectivity index (χ4n) is 3.10. The second-order valence-electron chi connectivity index (χ2n) is 7.45. The molecular formula is C25H22ClN5OS. The number of hydrogen-bond acceptors (Lipinski definition) is 5. The van der Waals surface area contributed by atoms with Crippen molar-refractivity contribution in [2.45, 2.75) is 19.0 Å². The quantitative estimate of drug-likeness (QED) is 0.219. The van der Waals surface area contributed by atoms with E-state index in [1.807, 2.05) is 85.1 Å². The van der Waals surface area contributed by atoms with Crippen LogP contribution in [0.3, 0.4) is 0 Å². The van der Waals surface area contributed by atoms with Gasteiger partial charge in [0.2, 0.25) is 0 Å². The molecule has 1 N–H and O–H groups in total. The van der Waals surface area contributed by atoms with Crippen molar-refractivity contribution >= 4 is 35.5 Å². The SMILES string of the molecule is Cc1ccc(-c2nnc(SCC(=O)N/N=C/c3ccccc3Cl)n2-c2ccc(C)cc2)cc1. The van der Waals surface area contributed by atoms with Gasteiger partial charge in [0.05, 0.1) is 12.0 Å². The van der Waals surface area contributed by atoms with E-state index in [4.69, 9.17) is 11.6 Å². The van der Waals surface area contributed by atoms with E-state index < -0.39 is 0 Å². The standard InChI is InChI=1S/C25H22ClN5OS/c1-17-7-11-19(12-8-17)24-29-30-25(31(24)21-13-9-18(2)10-14-21)33-16-23(32)28-27-15-20-5-3-4-6-22(20)26/h3-15H,16H2,1-2H3,(H,28,32)/b27-15+. The van der Waals surface area contributed by atoms with Gasteiger partial charge < -0.3 is 0 Å². The van der Waals surface area contributed by atoms with Crippen LogP contribution in [0.25, 0.3) is 17.1 Å². The fraction of sp³-hybridized carbons (Fsp3) is 0.120. The number of benzene rings is 3. The number of hydrazone groups is 1. The summed E-state index contributed by atoms with van der Waals surface area (Å²) in [6.45, 7) is 4.09. The Morgan fingerprint density at radius 3 is 2.36 bits per heavy atom. The topological polar surface area (TPSA) is 72.2 Å². The van der Waals surface area contributed by atoms with Gasteiger partial charge >= 0.3 is 0 Å². The maximum atomic E-state index is 12.4. The largest absolute Gasteiger partial charge is 0.272 e. The van der Waals surface area contributed by atoms with E-state index in [0.717, 1.165) is 28.2 Å². The lowest BCUT2D eigenvalue weighted by molar-refractivity contribution is -0.118. The van der Waals surface area contributed by atoms with Gasteiger partial charge in [0, 0.05) is 21.8 Å². The molecule has 0 aliphatic carbocycles. The first kappa shape index (κ1) is 22.8. The molecule has 6 nitrogen and oxygen atoms in total. The molecule has 1 aromatic heterocycles. The van der Waals surface area contributed by atoms with Gasteiger partial charge in [-0.15, -0.1) is 10.2 Å². The second kappa shape index (κ2) is 10.5. The molecule has 33 heavy (non-hydrogen) atoms. The number of carbonyl (C=O) groups excluding carboxylic acids is 1. The second-order valence-corrected chi connectivity index (χ2v) is 8.80. The number of aryl methyl sites for hydroxylation is 2. The molecule has 4 rings (SSSR count). The highest BCUT2D eigenvalue weighted by molar-refractivity contribution is 7.99. The van der Waals surface area contributed by atoms with Gasteiger partial charge in [0.25, 0.3) is 5.91 Å². The van der Waals surface area contributed by atoms with Crippen LogP contribution < -0.4 is 5.43 Å². The molecule has 0 unspecified atom stereocenters. The predicted molar refractivity (Wildman–Crippen MR) is 134 cm³/mol. The number of halogens is 1. The normalized spacial score (nSPS) is 11.1. The maximum Gasteiger partial charge on any atom is 0.250 e. The monoisotopic (exact) mass is 475 g/mol. The maximum absolute atomic E-state index is 12.4. The van der Waals surface area contributed by atoms with Crippen LogP contribution in [0.2, 0.25) is 5.02 Å². The molecule has 1 amide bonds. The van der Waals surface area contributed by atoms with Gasteiger partial charge in [-0.25, -0.2) is 5.43 Å². The Kier molecular flexibility index (Phi) is 7.22. The van der Waals surface area contributed by atoms with Crippen molar-refractivity contribution in [3.8, 4) is 17.1 Å². The zero-order valence-electron chi connectivity index (χ0n) is 18.2. The molecule has 0 atom stereocenters. The van der Waals surface area contributed by atoms with Crippen molar-refractivity contribution in [1.82, 2.24) is 20.2 Å². The van der Waals surface area contributed by atoms with E-state index in [0.29, 0.717) is 10.2 Å². The van der Waals surface area contributed by atoms with E-state index in [2.05, 4.69) is 20.7 Å². The van der Waals surface area contributed by atoms with Crippen molar-refractivity contribution in [3.63, 3.8) is 0 Å². The summed E-state index contributed by atoms with van der Waals surface area (Å²) in [5, 5.41) is 14.0. The van der Waals surface area contributed by atoms with Crippen molar-refractivity contribution < 1.29 is 4.79 Å². The van der Waals surface area contributed by atoms with E-state index in [-0.39, 0.29) is 11.7 Å². The highest BCUT2D eigenvalue weighted by atomic mass is 35.5. The van der Waals surface area contributed by atoms with Crippen molar-refractivity contribution in [3.05, 3.63) is 94.5 Å². The lowest BCUT2D eigenvalue weighted by Gasteiger charge is -2.11. The van der Waals surface area contributed by atoms with E-state index in [9.17, 15) is 4.79 Å². The summed E-state index contributed by atoms with van der Waals surface area (Å²) >= 11 is 7.40. The van der Waals surface area contributed by atoms with Crippen LogP contribution in [0.5, 0.6) is 0 Å². The van der Waals surface area contributed by atoms with Gasteiger partial charge in [-0.3, -0.25) is 9.36 Å². The Labute approximate surface area is 201 Å². The molecule has 0 saturated heterocycles. The lowest BCUT2D eigenvalue weighted by Crippen LogP contribution is -2.20. The molecule has 0 aliphatic rings. The van der Waals surface area contributed by atoms with Gasteiger partial charge in [-0.2, -0.15) is 5.10 Å². The Bertz CT molecular complexity index is 1280. The number of aromatic nitrogens is 3. The molecule has 0 spiro atoms. The number of carbonyl (C=O) groups is 1. The highest BCUT2D eigenvalue weighted by Crippen LogP contribution is 2.28. The molecule has 0 aliphatic heterocycles. The molecule has 166 valence electrons. The van der Waals surface area contributed by atoms with E-state index in [1.165, 1.54) is 23.5 Å². The molecule has 8 heteroatoms. The minimum absolute atomic E-state index is 0.137. The lowest BCUT2D eigenvalue weighted by atomic mass is 10.1. The summed E-state index contributed by atoms with van der Waals surface area (Å²) in [5.41, 5.74) is 7.48. The van der Waals surface area contributed by atoms with Crippen molar-refractivity contribution in [2.24, 2.45) is 5.10 Å².